The molecule has 4 rings (SSSR count). The topological polar surface area (TPSA) is 89.2 Å². The van der Waals surface area contributed by atoms with Gasteiger partial charge in [0.25, 0.3) is 11.8 Å². The van der Waals surface area contributed by atoms with Crippen LogP contribution in [0.2, 0.25) is 0 Å². The van der Waals surface area contributed by atoms with Crippen LogP contribution in [0, 0.1) is 0 Å². The number of fused-ring (bicyclic) bond motifs is 1. The number of hydrogen-bond donors (Lipinski definition) is 0. The molecular weight excluding hydrogens is 322 g/mol. The van der Waals surface area contributed by atoms with Crippen LogP contribution in [0.3, 0.4) is 0 Å². The second kappa shape index (κ2) is 6.30. The van der Waals surface area contributed by atoms with Gasteiger partial charge < -0.3 is 9.80 Å². The SMILES string of the molecule is Cn1cc(C(=O)N2CCN(C(=O)c3cnn4c3CCCC4)CC2)nn1. The molecule has 132 valence electrons. The van der Waals surface area contributed by atoms with E-state index in [0.717, 1.165) is 31.5 Å². The highest BCUT2D eigenvalue weighted by Crippen LogP contribution is 2.20. The van der Waals surface area contributed by atoms with Crippen LogP contribution in [0.5, 0.6) is 0 Å². The molecule has 0 bridgehead atoms. The highest BCUT2D eigenvalue weighted by atomic mass is 16.2. The van der Waals surface area contributed by atoms with Gasteiger partial charge in [0.1, 0.15) is 0 Å². The highest BCUT2D eigenvalue weighted by Gasteiger charge is 2.29. The van der Waals surface area contributed by atoms with Crippen molar-refractivity contribution in [3.8, 4) is 0 Å². The van der Waals surface area contributed by atoms with Crippen molar-refractivity contribution in [3.63, 3.8) is 0 Å². The number of carbonyl (C=O) groups is 2. The average molecular weight is 343 g/mol. The zero-order chi connectivity index (χ0) is 17.4. The number of carbonyl (C=O) groups excluding carboxylic acids is 2. The van der Waals surface area contributed by atoms with E-state index >= 15 is 0 Å². The van der Waals surface area contributed by atoms with Gasteiger partial charge in [-0.25, -0.2) is 0 Å². The molecule has 0 spiro atoms. The van der Waals surface area contributed by atoms with Crippen LogP contribution in [-0.4, -0.2) is 72.6 Å². The summed E-state index contributed by atoms with van der Waals surface area (Å²) >= 11 is 0. The Morgan fingerprint density at radius 1 is 1.00 bits per heavy atom. The molecule has 2 aliphatic heterocycles. The Bertz CT molecular complexity index is 801. The largest absolute Gasteiger partial charge is 0.335 e. The van der Waals surface area contributed by atoms with Crippen molar-refractivity contribution in [1.29, 1.82) is 0 Å². The molecule has 0 atom stereocenters. The molecule has 0 radical (unpaired) electrons. The van der Waals surface area contributed by atoms with Crippen molar-refractivity contribution >= 4 is 11.8 Å². The first-order valence-electron chi connectivity index (χ1n) is 8.63. The molecule has 1 saturated heterocycles. The summed E-state index contributed by atoms with van der Waals surface area (Å²) in [5, 5.41) is 12.0. The van der Waals surface area contributed by atoms with Crippen molar-refractivity contribution in [1.82, 2.24) is 34.6 Å². The summed E-state index contributed by atoms with van der Waals surface area (Å²) in [5.74, 6) is -0.113. The van der Waals surface area contributed by atoms with Crippen molar-refractivity contribution in [3.05, 3.63) is 29.3 Å². The fourth-order valence-corrected chi connectivity index (χ4v) is 3.49. The molecule has 2 aromatic rings. The summed E-state index contributed by atoms with van der Waals surface area (Å²) in [6.45, 7) is 2.95. The molecule has 0 N–H and O–H groups in total. The molecule has 9 nitrogen and oxygen atoms in total. The molecule has 2 amide bonds. The predicted molar refractivity (Wildman–Crippen MR) is 88.0 cm³/mol. The monoisotopic (exact) mass is 343 g/mol. The fourth-order valence-electron chi connectivity index (χ4n) is 3.49. The standard InChI is InChI=1S/C16H21N7O2/c1-20-11-13(18-19-20)16(25)22-8-6-21(7-9-22)15(24)12-10-17-23-5-3-2-4-14(12)23/h10-11H,2-9H2,1H3. The molecular formula is C16H21N7O2. The van der Waals surface area contributed by atoms with Crippen LogP contribution in [0.25, 0.3) is 0 Å². The predicted octanol–water partition coefficient (Wildman–Crippen LogP) is -0.0539. The second-order valence-electron chi connectivity index (χ2n) is 6.55. The number of hydrogen-bond acceptors (Lipinski definition) is 5. The van der Waals surface area contributed by atoms with E-state index < -0.39 is 0 Å². The normalized spacial score (nSPS) is 17.5. The molecule has 9 heteroatoms. The second-order valence-corrected chi connectivity index (χ2v) is 6.55. The molecule has 4 heterocycles. The third-order valence-corrected chi connectivity index (χ3v) is 4.89. The number of nitrogens with zero attached hydrogens (tertiary/aromatic N) is 7. The Hall–Kier alpha value is -2.71. The maximum Gasteiger partial charge on any atom is 0.276 e. The van der Waals surface area contributed by atoms with Gasteiger partial charge >= 0.3 is 0 Å². The van der Waals surface area contributed by atoms with Gasteiger partial charge in [-0.3, -0.25) is 19.0 Å². The van der Waals surface area contributed by atoms with Gasteiger partial charge in [0.05, 0.1) is 23.7 Å². The molecule has 2 aromatic heterocycles. The first-order valence-corrected chi connectivity index (χ1v) is 8.63. The van der Waals surface area contributed by atoms with E-state index in [4.69, 9.17) is 0 Å². The molecule has 1 fully saturated rings. The number of piperazine rings is 1. The molecule has 2 aliphatic rings. The van der Waals surface area contributed by atoms with Crippen LogP contribution in [0.1, 0.15) is 39.4 Å². The summed E-state index contributed by atoms with van der Waals surface area (Å²) in [4.78, 5) is 28.8. The highest BCUT2D eigenvalue weighted by molar-refractivity contribution is 5.96. The first kappa shape index (κ1) is 15.8. The lowest BCUT2D eigenvalue weighted by Crippen LogP contribution is -2.50. The summed E-state index contributed by atoms with van der Waals surface area (Å²) in [6.07, 6.45) is 6.43. The van der Waals surface area contributed by atoms with E-state index in [-0.39, 0.29) is 11.8 Å². The Balaban J connectivity index is 1.41. The van der Waals surface area contributed by atoms with E-state index in [1.165, 1.54) is 4.68 Å². The Morgan fingerprint density at radius 3 is 2.40 bits per heavy atom. The fraction of sp³-hybridized carbons (Fsp3) is 0.562. The number of rotatable bonds is 2. The summed E-state index contributed by atoms with van der Waals surface area (Å²) in [6, 6.07) is 0. The van der Waals surface area contributed by atoms with Gasteiger partial charge in [0.2, 0.25) is 0 Å². The lowest BCUT2D eigenvalue weighted by atomic mass is 10.1. The Labute approximate surface area is 145 Å². The minimum Gasteiger partial charge on any atom is -0.335 e. The van der Waals surface area contributed by atoms with E-state index in [0.29, 0.717) is 37.4 Å². The third kappa shape index (κ3) is 2.90. The summed E-state index contributed by atoms with van der Waals surface area (Å²) in [7, 11) is 1.73. The van der Waals surface area contributed by atoms with E-state index in [9.17, 15) is 9.59 Å². The molecule has 0 saturated carbocycles. The van der Waals surface area contributed by atoms with Crippen LogP contribution in [-0.2, 0) is 20.0 Å². The maximum absolute atomic E-state index is 12.8. The van der Waals surface area contributed by atoms with Gasteiger partial charge in [-0.15, -0.1) is 5.10 Å². The quantitative estimate of drug-likeness (QED) is 0.762. The Morgan fingerprint density at radius 2 is 1.72 bits per heavy atom. The van der Waals surface area contributed by atoms with Crippen LogP contribution < -0.4 is 0 Å². The smallest absolute Gasteiger partial charge is 0.276 e. The first-order chi connectivity index (χ1) is 12.1. The molecule has 0 aromatic carbocycles. The van der Waals surface area contributed by atoms with Crippen molar-refractivity contribution in [2.75, 3.05) is 26.2 Å². The minimum absolute atomic E-state index is 0.0229. The van der Waals surface area contributed by atoms with Gasteiger partial charge in [0.15, 0.2) is 5.69 Å². The van der Waals surface area contributed by atoms with E-state index in [1.807, 2.05) is 9.58 Å². The lowest BCUT2D eigenvalue weighted by molar-refractivity contribution is 0.0531. The number of amides is 2. The van der Waals surface area contributed by atoms with Gasteiger partial charge in [0, 0.05) is 39.8 Å². The number of aryl methyl sites for hydroxylation is 2. The third-order valence-electron chi connectivity index (χ3n) is 4.89. The van der Waals surface area contributed by atoms with Crippen molar-refractivity contribution < 1.29 is 9.59 Å². The van der Waals surface area contributed by atoms with E-state index in [2.05, 4.69) is 15.4 Å². The van der Waals surface area contributed by atoms with Gasteiger partial charge in [-0.05, 0) is 19.3 Å². The van der Waals surface area contributed by atoms with Crippen LogP contribution in [0.15, 0.2) is 12.4 Å². The molecule has 0 unspecified atom stereocenters. The van der Waals surface area contributed by atoms with E-state index in [1.54, 1.807) is 24.3 Å². The summed E-state index contributed by atoms with van der Waals surface area (Å²) in [5.41, 5.74) is 2.11. The lowest BCUT2D eigenvalue weighted by Gasteiger charge is -2.34. The molecule has 0 aliphatic carbocycles. The minimum atomic E-state index is -0.136. The number of aromatic nitrogens is 5. The Kier molecular flexibility index (Phi) is 3.98. The zero-order valence-corrected chi connectivity index (χ0v) is 14.3. The van der Waals surface area contributed by atoms with Gasteiger partial charge in [-0.2, -0.15) is 5.10 Å². The van der Waals surface area contributed by atoms with Crippen molar-refractivity contribution in [2.24, 2.45) is 7.05 Å². The van der Waals surface area contributed by atoms with Gasteiger partial charge in [-0.1, -0.05) is 5.21 Å². The summed E-state index contributed by atoms with van der Waals surface area (Å²) < 4.78 is 3.46. The maximum atomic E-state index is 12.8. The molecule has 25 heavy (non-hydrogen) atoms. The van der Waals surface area contributed by atoms with Crippen molar-refractivity contribution in [2.45, 2.75) is 25.8 Å². The average Bonchev–Trinajstić information content (AvgIpc) is 3.27. The van der Waals surface area contributed by atoms with Crippen LogP contribution in [0.4, 0.5) is 0 Å². The zero-order valence-electron chi connectivity index (χ0n) is 14.3. The van der Waals surface area contributed by atoms with Crippen LogP contribution >= 0.6 is 0 Å².